The average Bonchev–Trinajstić information content (AvgIpc) is 2.85. The lowest BCUT2D eigenvalue weighted by molar-refractivity contribution is -0.141. The predicted molar refractivity (Wildman–Crippen MR) is 148 cm³/mol. The third-order valence-electron chi connectivity index (χ3n) is 5.86. The van der Waals surface area contributed by atoms with Crippen LogP contribution in [0.1, 0.15) is 45.6 Å². The number of benzene rings is 2. The second-order valence-electron chi connectivity index (χ2n) is 9.32. The highest BCUT2D eigenvalue weighted by Crippen LogP contribution is 2.24. The molecule has 0 unspecified atom stereocenters. The van der Waals surface area contributed by atoms with Gasteiger partial charge in [0.2, 0.25) is 21.8 Å². The second-order valence-corrected chi connectivity index (χ2v) is 11.6. The number of anilines is 1. The number of sulfonamides is 1. The largest absolute Gasteiger partial charge is 0.497 e. The number of carbonyl (C=O) groups is 2. The minimum atomic E-state index is -3.59. The van der Waals surface area contributed by atoms with Gasteiger partial charge in [-0.15, -0.1) is 0 Å². The lowest BCUT2D eigenvalue weighted by Gasteiger charge is -2.31. The van der Waals surface area contributed by atoms with Crippen LogP contribution < -0.4 is 14.4 Å². The normalized spacial score (nSPS) is 12.2. The number of halogens is 1. The predicted octanol–water partition coefficient (Wildman–Crippen LogP) is 4.47. The van der Waals surface area contributed by atoms with Gasteiger partial charge in [0.15, 0.2) is 0 Å². The number of methoxy groups -OCH3 is 1. The summed E-state index contributed by atoms with van der Waals surface area (Å²) in [6, 6.07) is 13.3. The first-order chi connectivity index (χ1) is 17.5. The Hall–Kier alpha value is -2.78. The smallest absolute Gasteiger partial charge is 0.242 e. The van der Waals surface area contributed by atoms with E-state index in [0.29, 0.717) is 29.4 Å². The fourth-order valence-corrected chi connectivity index (χ4v) is 5.07. The molecule has 37 heavy (non-hydrogen) atoms. The molecule has 204 valence electrons. The van der Waals surface area contributed by atoms with Crippen LogP contribution in [0.15, 0.2) is 48.5 Å². The molecule has 0 saturated carbocycles. The van der Waals surface area contributed by atoms with E-state index < -0.39 is 16.1 Å². The van der Waals surface area contributed by atoms with E-state index in [9.17, 15) is 18.0 Å². The van der Waals surface area contributed by atoms with Gasteiger partial charge in [-0.1, -0.05) is 56.6 Å². The summed E-state index contributed by atoms with van der Waals surface area (Å²) in [5.41, 5.74) is 1.20. The Balaban J connectivity index is 2.23. The molecule has 8 nitrogen and oxygen atoms in total. The molecule has 0 radical (unpaired) electrons. The van der Waals surface area contributed by atoms with E-state index in [4.69, 9.17) is 16.3 Å². The highest BCUT2D eigenvalue weighted by Gasteiger charge is 2.29. The SMILES string of the molecule is CC[C@H](C(=O)NCC(C)C)N(Cc1ccccc1Cl)C(=O)CCCN(c1cccc(OC)c1)S(C)(=O)=O. The highest BCUT2D eigenvalue weighted by molar-refractivity contribution is 7.92. The van der Waals surface area contributed by atoms with Crippen molar-refractivity contribution in [1.82, 2.24) is 10.2 Å². The Bertz CT molecular complexity index is 1160. The number of amides is 2. The molecule has 0 aliphatic carbocycles. The molecule has 1 N–H and O–H groups in total. The van der Waals surface area contributed by atoms with Crippen LogP contribution in [0.25, 0.3) is 0 Å². The van der Waals surface area contributed by atoms with Crippen molar-refractivity contribution >= 4 is 39.1 Å². The van der Waals surface area contributed by atoms with E-state index in [1.165, 1.54) is 11.4 Å². The van der Waals surface area contributed by atoms with Crippen LogP contribution in [0.4, 0.5) is 5.69 Å². The van der Waals surface area contributed by atoms with Gasteiger partial charge >= 0.3 is 0 Å². The molecule has 2 aromatic rings. The monoisotopic (exact) mass is 551 g/mol. The molecule has 0 fully saturated rings. The Morgan fingerprint density at radius 3 is 2.41 bits per heavy atom. The van der Waals surface area contributed by atoms with Gasteiger partial charge in [0.05, 0.1) is 19.1 Å². The van der Waals surface area contributed by atoms with Crippen molar-refractivity contribution in [3.63, 3.8) is 0 Å². The number of nitrogens with zero attached hydrogens (tertiary/aromatic N) is 2. The van der Waals surface area contributed by atoms with Gasteiger partial charge in [0, 0.05) is 37.1 Å². The number of hydrogen-bond donors (Lipinski definition) is 1. The summed E-state index contributed by atoms with van der Waals surface area (Å²) >= 11 is 6.37. The first-order valence-electron chi connectivity index (χ1n) is 12.4. The molecule has 2 amide bonds. The maximum absolute atomic E-state index is 13.5. The van der Waals surface area contributed by atoms with E-state index in [0.717, 1.165) is 11.8 Å². The van der Waals surface area contributed by atoms with Gasteiger partial charge in [0.1, 0.15) is 11.8 Å². The summed E-state index contributed by atoms with van der Waals surface area (Å²) in [5.74, 6) is 0.343. The third kappa shape index (κ3) is 9.23. The minimum Gasteiger partial charge on any atom is -0.497 e. The Labute approximate surface area is 226 Å². The lowest BCUT2D eigenvalue weighted by Crippen LogP contribution is -2.49. The van der Waals surface area contributed by atoms with Gasteiger partial charge in [-0.2, -0.15) is 0 Å². The number of ether oxygens (including phenoxy) is 1. The van der Waals surface area contributed by atoms with Crippen LogP contribution in [0.5, 0.6) is 5.75 Å². The molecule has 2 rings (SSSR count). The molecule has 0 aliphatic rings. The van der Waals surface area contributed by atoms with Crippen molar-refractivity contribution in [3.05, 3.63) is 59.1 Å². The fraction of sp³-hybridized carbons (Fsp3) is 0.481. The zero-order chi connectivity index (χ0) is 27.6. The Morgan fingerprint density at radius 1 is 1.11 bits per heavy atom. The van der Waals surface area contributed by atoms with Crippen LogP contribution >= 0.6 is 11.6 Å². The molecule has 2 aromatic carbocycles. The lowest BCUT2D eigenvalue weighted by atomic mass is 10.1. The topological polar surface area (TPSA) is 96.0 Å². The van der Waals surface area contributed by atoms with Crippen molar-refractivity contribution in [2.24, 2.45) is 5.92 Å². The molecule has 0 saturated heterocycles. The molecule has 0 aromatic heterocycles. The summed E-state index contributed by atoms with van der Waals surface area (Å²) in [7, 11) is -2.08. The van der Waals surface area contributed by atoms with E-state index in [1.54, 1.807) is 35.2 Å². The van der Waals surface area contributed by atoms with E-state index in [-0.39, 0.29) is 43.7 Å². The number of nitrogens with one attached hydrogen (secondary N) is 1. The van der Waals surface area contributed by atoms with Crippen molar-refractivity contribution < 1.29 is 22.7 Å². The molecular formula is C27H38ClN3O5S. The maximum atomic E-state index is 13.5. The second kappa shape index (κ2) is 14.2. The van der Waals surface area contributed by atoms with Gasteiger partial charge in [0.25, 0.3) is 0 Å². The summed E-state index contributed by atoms with van der Waals surface area (Å²) < 4.78 is 31.5. The minimum absolute atomic E-state index is 0.0639. The fourth-order valence-electron chi connectivity index (χ4n) is 3.92. The highest BCUT2D eigenvalue weighted by atomic mass is 35.5. The first kappa shape index (κ1) is 30.4. The van der Waals surface area contributed by atoms with Crippen molar-refractivity contribution in [1.29, 1.82) is 0 Å². The van der Waals surface area contributed by atoms with Crippen molar-refractivity contribution in [2.75, 3.05) is 30.8 Å². The van der Waals surface area contributed by atoms with Crippen molar-refractivity contribution in [3.8, 4) is 5.75 Å². The molecular weight excluding hydrogens is 514 g/mol. The van der Waals surface area contributed by atoms with Crippen LogP contribution in [0.2, 0.25) is 5.02 Å². The quantitative estimate of drug-likeness (QED) is 0.373. The Kier molecular flexibility index (Phi) is 11.7. The molecule has 0 aliphatic heterocycles. The van der Waals surface area contributed by atoms with Crippen LogP contribution in [0, 0.1) is 5.92 Å². The van der Waals surface area contributed by atoms with Gasteiger partial charge < -0.3 is 15.0 Å². The van der Waals surface area contributed by atoms with Gasteiger partial charge in [-0.25, -0.2) is 8.42 Å². The maximum Gasteiger partial charge on any atom is 0.242 e. The standard InChI is InChI=1S/C27H38ClN3O5S/c1-6-25(27(33)29-18-20(2)3)30(19-21-11-7-8-14-24(21)28)26(32)15-10-16-31(37(5,34)35)22-12-9-13-23(17-22)36-4/h7-9,11-14,17,20,25H,6,10,15-16,18-19H2,1-5H3,(H,29,33)/t25-/m1/s1. The first-order valence-corrected chi connectivity index (χ1v) is 14.6. The summed E-state index contributed by atoms with van der Waals surface area (Å²) in [5, 5.41) is 3.44. The molecule has 10 heteroatoms. The number of hydrogen-bond acceptors (Lipinski definition) is 5. The van der Waals surface area contributed by atoms with Crippen LogP contribution in [-0.2, 0) is 26.2 Å². The van der Waals surface area contributed by atoms with Crippen molar-refractivity contribution in [2.45, 2.75) is 52.6 Å². The molecule has 1 atom stereocenters. The van der Waals surface area contributed by atoms with E-state index in [1.807, 2.05) is 39.0 Å². The molecule has 0 heterocycles. The molecule has 0 bridgehead atoms. The zero-order valence-electron chi connectivity index (χ0n) is 22.2. The van der Waals surface area contributed by atoms with Gasteiger partial charge in [-0.05, 0) is 42.5 Å². The average molecular weight is 552 g/mol. The number of carbonyl (C=O) groups excluding carboxylic acids is 2. The van der Waals surface area contributed by atoms with Crippen LogP contribution in [-0.4, -0.2) is 57.6 Å². The summed E-state index contributed by atoms with van der Waals surface area (Å²) in [6.07, 6.45) is 1.89. The summed E-state index contributed by atoms with van der Waals surface area (Å²) in [4.78, 5) is 28.1. The summed E-state index contributed by atoms with van der Waals surface area (Å²) in [6.45, 7) is 6.66. The zero-order valence-corrected chi connectivity index (χ0v) is 23.8. The van der Waals surface area contributed by atoms with Gasteiger partial charge in [-0.3, -0.25) is 13.9 Å². The third-order valence-corrected chi connectivity index (χ3v) is 7.43. The Morgan fingerprint density at radius 2 is 1.81 bits per heavy atom. The van der Waals surface area contributed by atoms with E-state index >= 15 is 0 Å². The van der Waals surface area contributed by atoms with E-state index in [2.05, 4.69) is 5.32 Å². The number of rotatable bonds is 14. The molecule has 0 spiro atoms. The van der Waals surface area contributed by atoms with Crippen LogP contribution in [0.3, 0.4) is 0 Å².